The number of nitrogens with one attached hydrogen (secondary N) is 1. The van der Waals surface area contributed by atoms with Crippen molar-refractivity contribution in [2.45, 2.75) is 38.5 Å². The SMILES string of the molecule is Cc1ccccc1CC(C)NC(CO)C(O)c1ccc([N+](=O)[O-])cc1. The Morgan fingerprint density at radius 3 is 2.36 bits per heavy atom. The maximum Gasteiger partial charge on any atom is 0.269 e. The Hall–Kier alpha value is -2.28. The number of aliphatic hydroxyl groups excluding tert-OH is 2. The highest BCUT2D eigenvalue weighted by molar-refractivity contribution is 5.34. The number of aliphatic hydroxyl groups is 2. The van der Waals surface area contributed by atoms with Crippen LogP contribution in [0.2, 0.25) is 0 Å². The van der Waals surface area contributed by atoms with Crippen molar-refractivity contribution in [1.29, 1.82) is 0 Å². The zero-order valence-electron chi connectivity index (χ0n) is 14.4. The maximum absolute atomic E-state index is 10.7. The van der Waals surface area contributed by atoms with E-state index in [0.717, 1.165) is 6.42 Å². The highest BCUT2D eigenvalue weighted by atomic mass is 16.6. The van der Waals surface area contributed by atoms with Gasteiger partial charge < -0.3 is 15.5 Å². The molecule has 6 heteroatoms. The van der Waals surface area contributed by atoms with Crippen LogP contribution in [0.25, 0.3) is 0 Å². The quantitative estimate of drug-likeness (QED) is 0.505. The van der Waals surface area contributed by atoms with Crippen LogP contribution < -0.4 is 5.32 Å². The second kappa shape index (κ2) is 8.71. The van der Waals surface area contributed by atoms with Gasteiger partial charge in [0.2, 0.25) is 0 Å². The molecule has 25 heavy (non-hydrogen) atoms. The first-order valence-corrected chi connectivity index (χ1v) is 8.26. The van der Waals surface area contributed by atoms with E-state index in [0.29, 0.717) is 5.56 Å². The first-order valence-electron chi connectivity index (χ1n) is 8.26. The summed E-state index contributed by atoms with van der Waals surface area (Å²) in [4.78, 5) is 10.2. The molecular formula is C19H24N2O4. The molecule has 0 fully saturated rings. The van der Waals surface area contributed by atoms with Crippen molar-refractivity contribution in [3.8, 4) is 0 Å². The molecule has 2 rings (SSSR count). The molecule has 0 aliphatic rings. The van der Waals surface area contributed by atoms with Gasteiger partial charge in [-0.05, 0) is 49.1 Å². The van der Waals surface area contributed by atoms with E-state index in [-0.39, 0.29) is 18.3 Å². The summed E-state index contributed by atoms with van der Waals surface area (Å²) in [5.41, 5.74) is 2.91. The Labute approximate surface area is 147 Å². The smallest absolute Gasteiger partial charge is 0.269 e. The Morgan fingerprint density at radius 1 is 1.16 bits per heavy atom. The Kier molecular flexibility index (Phi) is 6.64. The zero-order valence-corrected chi connectivity index (χ0v) is 14.4. The summed E-state index contributed by atoms with van der Waals surface area (Å²) in [6.45, 7) is 3.81. The molecule has 0 saturated heterocycles. The number of hydrogen-bond acceptors (Lipinski definition) is 5. The second-order valence-electron chi connectivity index (χ2n) is 6.28. The number of nitro groups is 1. The fourth-order valence-corrected chi connectivity index (χ4v) is 2.86. The van der Waals surface area contributed by atoms with Gasteiger partial charge in [-0.1, -0.05) is 24.3 Å². The maximum atomic E-state index is 10.7. The lowest BCUT2D eigenvalue weighted by Crippen LogP contribution is -2.44. The molecule has 3 unspecified atom stereocenters. The average molecular weight is 344 g/mol. The first-order chi connectivity index (χ1) is 11.9. The predicted molar refractivity (Wildman–Crippen MR) is 96.4 cm³/mol. The summed E-state index contributed by atoms with van der Waals surface area (Å²) in [6.07, 6.45) is -0.180. The van der Waals surface area contributed by atoms with Crippen LogP contribution in [0, 0.1) is 17.0 Å². The number of hydrogen-bond donors (Lipinski definition) is 3. The van der Waals surface area contributed by atoms with Gasteiger partial charge in [0.15, 0.2) is 0 Å². The number of aryl methyl sites for hydroxylation is 1. The van der Waals surface area contributed by atoms with E-state index in [1.54, 1.807) is 0 Å². The van der Waals surface area contributed by atoms with Gasteiger partial charge in [0.25, 0.3) is 5.69 Å². The minimum absolute atomic E-state index is 0.0302. The van der Waals surface area contributed by atoms with E-state index >= 15 is 0 Å². The van der Waals surface area contributed by atoms with Crippen LogP contribution in [0.15, 0.2) is 48.5 Å². The molecule has 2 aromatic rings. The minimum Gasteiger partial charge on any atom is -0.395 e. The monoisotopic (exact) mass is 344 g/mol. The van der Waals surface area contributed by atoms with E-state index < -0.39 is 17.1 Å². The van der Waals surface area contributed by atoms with Gasteiger partial charge >= 0.3 is 0 Å². The van der Waals surface area contributed by atoms with Crippen LogP contribution in [0.4, 0.5) is 5.69 Å². The van der Waals surface area contributed by atoms with Gasteiger partial charge in [-0.2, -0.15) is 0 Å². The molecule has 0 radical (unpaired) electrons. The van der Waals surface area contributed by atoms with E-state index in [4.69, 9.17) is 0 Å². The molecule has 6 nitrogen and oxygen atoms in total. The lowest BCUT2D eigenvalue weighted by molar-refractivity contribution is -0.384. The molecule has 3 N–H and O–H groups in total. The van der Waals surface area contributed by atoms with Gasteiger partial charge in [0, 0.05) is 18.2 Å². The van der Waals surface area contributed by atoms with Crippen molar-refractivity contribution in [3.05, 3.63) is 75.3 Å². The van der Waals surface area contributed by atoms with E-state index in [1.807, 2.05) is 19.1 Å². The van der Waals surface area contributed by atoms with Crippen LogP contribution in [0.3, 0.4) is 0 Å². The molecule has 0 saturated carbocycles. The molecule has 3 atom stereocenters. The molecule has 0 aliphatic carbocycles. The van der Waals surface area contributed by atoms with Crippen LogP contribution in [-0.4, -0.2) is 33.8 Å². The molecule has 0 bridgehead atoms. The predicted octanol–water partition coefficient (Wildman–Crippen LogP) is 2.52. The third kappa shape index (κ3) is 5.09. The van der Waals surface area contributed by atoms with Crippen molar-refractivity contribution in [1.82, 2.24) is 5.32 Å². The van der Waals surface area contributed by atoms with Gasteiger partial charge in [-0.3, -0.25) is 10.1 Å². The van der Waals surface area contributed by atoms with E-state index in [2.05, 4.69) is 24.4 Å². The molecule has 0 aliphatic heterocycles. The van der Waals surface area contributed by atoms with Crippen molar-refractivity contribution in [2.24, 2.45) is 0 Å². The van der Waals surface area contributed by atoms with Crippen molar-refractivity contribution >= 4 is 5.69 Å². The molecule has 0 amide bonds. The highest BCUT2D eigenvalue weighted by Crippen LogP contribution is 2.21. The highest BCUT2D eigenvalue weighted by Gasteiger charge is 2.22. The number of nitro benzene ring substituents is 1. The number of rotatable bonds is 8. The fraction of sp³-hybridized carbons (Fsp3) is 0.368. The van der Waals surface area contributed by atoms with Gasteiger partial charge in [-0.15, -0.1) is 0 Å². The van der Waals surface area contributed by atoms with Crippen LogP contribution in [-0.2, 0) is 6.42 Å². The third-order valence-corrected chi connectivity index (χ3v) is 4.31. The van der Waals surface area contributed by atoms with Crippen molar-refractivity contribution in [2.75, 3.05) is 6.61 Å². The molecule has 0 spiro atoms. The summed E-state index contributed by atoms with van der Waals surface area (Å²) in [5, 5.41) is 34.1. The fourth-order valence-electron chi connectivity index (χ4n) is 2.86. The van der Waals surface area contributed by atoms with E-state index in [9.17, 15) is 20.3 Å². The van der Waals surface area contributed by atoms with E-state index in [1.165, 1.54) is 35.4 Å². The lowest BCUT2D eigenvalue weighted by Gasteiger charge is -2.26. The second-order valence-corrected chi connectivity index (χ2v) is 6.28. The van der Waals surface area contributed by atoms with Crippen molar-refractivity contribution < 1.29 is 15.1 Å². The Balaban J connectivity index is 2.02. The molecule has 0 heterocycles. The normalized spacial score (nSPS) is 14.7. The lowest BCUT2D eigenvalue weighted by atomic mass is 9.98. The molecular weight excluding hydrogens is 320 g/mol. The number of nitrogens with zero attached hydrogens (tertiary/aromatic N) is 1. The van der Waals surface area contributed by atoms with Gasteiger partial charge in [-0.25, -0.2) is 0 Å². The number of benzene rings is 2. The largest absolute Gasteiger partial charge is 0.395 e. The first kappa shape index (κ1) is 19.1. The third-order valence-electron chi connectivity index (χ3n) is 4.31. The molecule has 134 valence electrons. The van der Waals surface area contributed by atoms with Crippen LogP contribution in [0.5, 0.6) is 0 Å². The summed E-state index contributed by atoms with van der Waals surface area (Å²) < 4.78 is 0. The zero-order chi connectivity index (χ0) is 18.4. The minimum atomic E-state index is -0.954. The Bertz CT molecular complexity index is 703. The van der Waals surface area contributed by atoms with Crippen molar-refractivity contribution in [3.63, 3.8) is 0 Å². The van der Waals surface area contributed by atoms with Crippen LogP contribution in [0.1, 0.15) is 29.7 Å². The summed E-state index contributed by atoms with van der Waals surface area (Å²) in [5.74, 6) is 0. The summed E-state index contributed by atoms with van der Waals surface area (Å²) >= 11 is 0. The topological polar surface area (TPSA) is 95.6 Å². The average Bonchev–Trinajstić information content (AvgIpc) is 2.61. The Morgan fingerprint density at radius 2 is 1.80 bits per heavy atom. The number of non-ortho nitro benzene ring substituents is 1. The van der Waals surface area contributed by atoms with Gasteiger partial charge in [0.1, 0.15) is 0 Å². The standard InChI is InChI=1S/C19H24N2O4/c1-13-5-3-4-6-16(13)11-14(2)20-18(12-22)19(23)15-7-9-17(10-8-15)21(24)25/h3-10,14,18-20,22-23H,11-12H2,1-2H3. The summed E-state index contributed by atoms with van der Waals surface area (Å²) in [6, 6.07) is 13.3. The molecule has 2 aromatic carbocycles. The molecule has 0 aromatic heterocycles. The van der Waals surface area contributed by atoms with Gasteiger partial charge in [0.05, 0.1) is 23.7 Å². The van der Waals surface area contributed by atoms with Crippen LogP contribution >= 0.6 is 0 Å². The summed E-state index contributed by atoms with van der Waals surface area (Å²) in [7, 11) is 0.